The van der Waals surface area contributed by atoms with Crippen molar-refractivity contribution in [2.24, 2.45) is 5.92 Å². The number of carbonyl (C=O) groups is 1. The Labute approximate surface area is 114 Å². The highest BCUT2D eigenvalue weighted by Gasteiger charge is 2.22. The van der Waals surface area contributed by atoms with E-state index in [0.717, 1.165) is 24.0 Å². The van der Waals surface area contributed by atoms with Crippen molar-refractivity contribution in [1.82, 2.24) is 4.90 Å². The third-order valence-corrected chi connectivity index (χ3v) is 3.48. The maximum Gasteiger partial charge on any atom is 0.249 e. The van der Waals surface area contributed by atoms with Crippen molar-refractivity contribution in [3.05, 3.63) is 41.5 Å². The second-order valence-corrected chi connectivity index (χ2v) is 4.93. The number of piperidine rings is 1. The summed E-state index contributed by atoms with van der Waals surface area (Å²) in [6.45, 7) is 3.24. The van der Waals surface area contributed by atoms with Gasteiger partial charge in [0.25, 0.3) is 0 Å². The maximum absolute atomic E-state index is 12.3. The lowest BCUT2D eigenvalue weighted by Crippen LogP contribution is -2.38. The van der Waals surface area contributed by atoms with E-state index in [1.807, 2.05) is 48.2 Å². The minimum absolute atomic E-state index is 0.0836. The Bertz CT molecular complexity index is 505. The van der Waals surface area contributed by atoms with Crippen molar-refractivity contribution >= 4 is 12.0 Å². The first-order valence-electron chi connectivity index (χ1n) is 6.63. The average molecular weight is 254 g/mol. The molecule has 3 nitrogen and oxygen atoms in total. The first-order valence-corrected chi connectivity index (χ1v) is 6.63. The van der Waals surface area contributed by atoms with Crippen LogP contribution in [0.15, 0.2) is 35.9 Å². The average Bonchev–Trinajstić information content (AvgIpc) is 2.47. The third kappa shape index (κ3) is 3.45. The predicted octanol–water partition coefficient (Wildman–Crippen LogP) is 2.85. The lowest BCUT2D eigenvalue weighted by Gasteiger charge is -2.29. The van der Waals surface area contributed by atoms with Gasteiger partial charge in [0.1, 0.15) is 0 Å². The van der Waals surface area contributed by atoms with Crippen molar-refractivity contribution in [3.8, 4) is 6.07 Å². The van der Waals surface area contributed by atoms with Gasteiger partial charge in [0.05, 0.1) is 6.07 Å². The smallest absolute Gasteiger partial charge is 0.249 e. The number of carbonyl (C=O) groups excluding carboxylic acids is 1. The Morgan fingerprint density at radius 2 is 1.95 bits per heavy atom. The second kappa shape index (κ2) is 6.19. The van der Waals surface area contributed by atoms with Crippen molar-refractivity contribution in [1.29, 1.82) is 5.26 Å². The molecule has 1 amide bonds. The molecular weight excluding hydrogens is 236 g/mol. The van der Waals surface area contributed by atoms with Crippen LogP contribution in [0.1, 0.15) is 25.3 Å². The molecule has 1 heterocycles. The molecule has 2 rings (SSSR count). The lowest BCUT2D eigenvalue weighted by atomic mass is 9.98. The zero-order valence-electron chi connectivity index (χ0n) is 11.2. The highest BCUT2D eigenvalue weighted by atomic mass is 16.2. The number of likely N-dealkylation sites (tertiary alicyclic amines) is 1. The number of rotatable bonds is 2. The van der Waals surface area contributed by atoms with E-state index >= 15 is 0 Å². The van der Waals surface area contributed by atoms with E-state index in [1.165, 1.54) is 0 Å². The van der Waals surface area contributed by atoms with Gasteiger partial charge in [-0.3, -0.25) is 4.79 Å². The summed E-state index contributed by atoms with van der Waals surface area (Å²) < 4.78 is 0. The first kappa shape index (κ1) is 13.4. The predicted molar refractivity (Wildman–Crippen MR) is 75.0 cm³/mol. The minimum Gasteiger partial charge on any atom is -0.339 e. The van der Waals surface area contributed by atoms with Gasteiger partial charge in [-0.15, -0.1) is 0 Å². The Hall–Kier alpha value is -2.08. The number of hydrogen-bond acceptors (Lipinski definition) is 2. The summed E-state index contributed by atoms with van der Waals surface area (Å²) in [5, 5.41) is 8.86. The minimum atomic E-state index is 0.0836. The van der Waals surface area contributed by atoms with Crippen LogP contribution in [0.25, 0.3) is 6.08 Å². The van der Waals surface area contributed by atoms with E-state index < -0.39 is 0 Å². The molecule has 1 aromatic rings. The molecule has 1 fully saturated rings. The molecule has 1 aliphatic rings. The second-order valence-electron chi connectivity index (χ2n) is 4.93. The normalized spacial score (nSPS) is 17.1. The summed E-state index contributed by atoms with van der Waals surface area (Å²) in [5.74, 6) is 0.197. The van der Waals surface area contributed by atoms with Crippen LogP contribution >= 0.6 is 0 Å². The highest BCUT2D eigenvalue weighted by Crippen LogP contribution is 2.18. The largest absolute Gasteiger partial charge is 0.339 e. The number of nitriles is 1. The van der Waals surface area contributed by atoms with Crippen molar-refractivity contribution in [2.75, 3.05) is 13.1 Å². The Morgan fingerprint density at radius 3 is 2.53 bits per heavy atom. The molecule has 1 saturated heterocycles. The fourth-order valence-electron chi connectivity index (χ4n) is 2.32. The fourth-order valence-corrected chi connectivity index (χ4v) is 2.32. The van der Waals surface area contributed by atoms with Crippen LogP contribution in [0, 0.1) is 17.2 Å². The molecule has 0 aromatic heterocycles. The van der Waals surface area contributed by atoms with E-state index in [-0.39, 0.29) is 11.8 Å². The first-order chi connectivity index (χ1) is 9.20. The summed E-state index contributed by atoms with van der Waals surface area (Å²) in [4.78, 5) is 14.1. The summed E-state index contributed by atoms with van der Waals surface area (Å²) in [6, 6.07) is 12.1. The standard InChI is InChI=1S/C16H18N2O/c1-13(11-14-5-3-2-4-6-14)16(19)18-9-7-15(12-17)8-10-18/h2-6,11,15H,7-10H2,1H3/b13-11+. The van der Waals surface area contributed by atoms with Gasteiger partial charge in [-0.25, -0.2) is 0 Å². The SMILES string of the molecule is C/C(=C\c1ccccc1)C(=O)N1CCC(C#N)CC1. The molecule has 0 radical (unpaired) electrons. The van der Waals surface area contributed by atoms with E-state index in [0.29, 0.717) is 13.1 Å². The summed E-state index contributed by atoms with van der Waals surface area (Å²) in [5.41, 5.74) is 1.79. The lowest BCUT2D eigenvalue weighted by molar-refractivity contribution is -0.128. The molecule has 0 atom stereocenters. The van der Waals surface area contributed by atoms with Gasteiger partial charge in [0.2, 0.25) is 5.91 Å². The van der Waals surface area contributed by atoms with E-state index in [4.69, 9.17) is 5.26 Å². The van der Waals surface area contributed by atoms with Crippen molar-refractivity contribution < 1.29 is 4.79 Å². The number of hydrogen-bond donors (Lipinski definition) is 0. The van der Waals surface area contributed by atoms with Crippen molar-refractivity contribution in [3.63, 3.8) is 0 Å². The topological polar surface area (TPSA) is 44.1 Å². The Morgan fingerprint density at radius 1 is 1.32 bits per heavy atom. The number of amides is 1. The van der Waals surface area contributed by atoms with Gasteiger partial charge in [0, 0.05) is 24.6 Å². The highest BCUT2D eigenvalue weighted by molar-refractivity contribution is 5.97. The van der Waals surface area contributed by atoms with Crippen LogP contribution in [0.5, 0.6) is 0 Å². The third-order valence-electron chi connectivity index (χ3n) is 3.48. The van der Waals surface area contributed by atoms with Crippen LogP contribution in [0.3, 0.4) is 0 Å². The molecule has 0 aliphatic carbocycles. The monoisotopic (exact) mass is 254 g/mol. The molecule has 0 saturated carbocycles. The molecule has 1 aliphatic heterocycles. The zero-order chi connectivity index (χ0) is 13.7. The quantitative estimate of drug-likeness (QED) is 0.762. The van der Waals surface area contributed by atoms with E-state index in [9.17, 15) is 4.79 Å². The molecule has 0 spiro atoms. The van der Waals surface area contributed by atoms with Gasteiger partial charge in [-0.05, 0) is 31.4 Å². The van der Waals surface area contributed by atoms with Gasteiger partial charge in [-0.2, -0.15) is 5.26 Å². The van der Waals surface area contributed by atoms with E-state index in [2.05, 4.69) is 6.07 Å². The maximum atomic E-state index is 12.3. The number of benzene rings is 1. The van der Waals surface area contributed by atoms with Crippen LogP contribution in [0.4, 0.5) is 0 Å². The molecule has 98 valence electrons. The molecule has 1 aromatic carbocycles. The Balaban J connectivity index is 2.01. The Kier molecular flexibility index (Phi) is 4.35. The van der Waals surface area contributed by atoms with Gasteiger partial charge in [0.15, 0.2) is 0 Å². The molecule has 0 unspecified atom stereocenters. The van der Waals surface area contributed by atoms with Gasteiger partial charge < -0.3 is 4.90 Å². The fraction of sp³-hybridized carbons (Fsp3) is 0.375. The van der Waals surface area contributed by atoms with Crippen LogP contribution in [-0.2, 0) is 4.79 Å². The zero-order valence-corrected chi connectivity index (χ0v) is 11.2. The van der Waals surface area contributed by atoms with Crippen LogP contribution in [-0.4, -0.2) is 23.9 Å². The summed E-state index contributed by atoms with van der Waals surface area (Å²) >= 11 is 0. The molecule has 0 N–H and O–H groups in total. The van der Waals surface area contributed by atoms with Crippen molar-refractivity contribution in [2.45, 2.75) is 19.8 Å². The van der Waals surface area contributed by atoms with E-state index in [1.54, 1.807) is 0 Å². The molecular formula is C16H18N2O. The van der Waals surface area contributed by atoms with Gasteiger partial charge in [-0.1, -0.05) is 30.3 Å². The van der Waals surface area contributed by atoms with Crippen LogP contribution < -0.4 is 0 Å². The summed E-state index contributed by atoms with van der Waals surface area (Å²) in [7, 11) is 0. The molecule has 19 heavy (non-hydrogen) atoms. The summed E-state index contributed by atoms with van der Waals surface area (Å²) in [6.07, 6.45) is 3.50. The molecule has 0 bridgehead atoms. The van der Waals surface area contributed by atoms with Crippen LogP contribution in [0.2, 0.25) is 0 Å². The number of nitrogens with zero attached hydrogens (tertiary/aromatic N) is 2. The molecule has 3 heteroatoms. The van der Waals surface area contributed by atoms with Gasteiger partial charge >= 0.3 is 0 Å².